The molecule has 0 aromatic rings. The van der Waals surface area contributed by atoms with Crippen molar-refractivity contribution >= 4 is 29.9 Å². The normalized spacial score (nSPS) is 20.5. The van der Waals surface area contributed by atoms with Crippen LogP contribution in [0, 0.1) is 11.8 Å². The molecule has 5 heteroatoms. The van der Waals surface area contributed by atoms with E-state index >= 15 is 0 Å². The van der Waals surface area contributed by atoms with Crippen LogP contribution in [0.1, 0.15) is 33.1 Å². The number of hydrogen-bond acceptors (Lipinski definition) is 2. The minimum atomic E-state index is 0. The van der Waals surface area contributed by atoms with E-state index in [0.717, 1.165) is 30.9 Å². The van der Waals surface area contributed by atoms with Gasteiger partial charge in [-0.25, -0.2) is 0 Å². The van der Waals surface area contributed by atoms with Gasteiger partial charge in [0.15, 0.2) is 5.96 Å². The molecule has 0 radical (unpaired) electrons. The molecule has 1 heterocycles. The van der Waals surface area contributed by atoms with Crippen LogP contribution in [0.2, 0.25) is 0 Å². The fourth-order valence-electron chi connectivity index (χ4n) is 2.37. The molecule has 1 aliphatic rings. The SMILES string of the molecule is CN=C(NCCCC(C)C)NCC1CCN(C)C1.I. The van der Waals surface area contributed by atoms with Gasteiger partial charge in [-0.15, -0.1) is 24.0 Å². The molecule has 1 aliphatic heterocycles. The number of guanidine groups is 1. The monoisotopic (exact) mass is 382 g/mol. The van der Waals surface area contributed by atoms with Crippen LogP contribution in [0.5, 0.6) is 0 Å². The summed E-state index contributed by atoms with van der Waals surface area (Å²) in [5.74, 6) is 2.51. The van der Waals surface area contributed by atoms with Crippen LogP contribution in [0.25, 0.3) is 0 Å². The third-order valence-electron chi connectivity index (χ3n) is 3.52. The molecular weight excluding hydrogens is 351 g/mol. The largest absolute Gasteiger partial charge is 0.356 e. The second kappa shape index (κ2) is 10.7. The zero-order valence-electron chi connectivity index (χ0n) is 12.9. The Balaban J connectivity index is 0.00000324. The van der Waals surface area contributed by atoms with E-state index in [1.165, 1.54) is 32.4 Å². The molecule has 19 heavy (non-hydrogen) atoms. The Hall–Kier alpha value is -0.0400. The van der Waals surface area contributed by atoms with Crippen LogP contribution >= 0.6 is 24.0 Å². The molecule has 0 aliphatic carbocycles. The number of hydrogen-bond donors (Lipinski definition) is 2. The molecule has 1 fully saturated rings. The molecule has 1 atom stereocenters. The lowest BCUT2D eigenvalue weighted by molar-refractivity contribution is 0.394. The minimum Gasteiger partial charge on any atom is -0.356 e. The molecule has 2 N–H and O–H groups in total. The van der Waals surface area contributed by atoms with Crippen LogP contribution in [-0.4, -0.2) is 51.1 Å². The van der Waals surface area contributed by atoms with Gasteiger partial charge in [0, 0.05) is 26.7 Å². The number of nitrogens with one attached hydrogen (secondary N) is 2. The topological polar surface area (TPSA) is 39.7 Å². The van der Waals surface area contributed by atoms with Gasteiger partial charge in [-0.05, 0) is 44.7 Å². The summed E-state index contributed by atoms with van der Waals surface area (Å²) in [6, 6.07) is 0. The molecule has 0 aromatic heterocycles. The van der Waals surface area contributed by atoms with Crippen LogP contribution < -0.4 is 10.6 Å². The van der Waals surface area contributed by atoms with E-state index in [0.29, 0.717) is 0 Å². The van der Waals surface area contributed by atoms with Gasteiger partial charge < -0.3 is 15.5 Å². The Labute approximate surface area is 135 Å². The van der Waals surface area contributed by atoms with Crippen molar-refractivity contribution in [3.05, 3.63) is 0 Å². The van der Waals surface area contributed by atoms with Gasteiger partial charge in [0.05, 0.1) is 0 Å². The first-order chi connectivity index (χ1) is 8.61. The summed E-state index contributed by atoms with van der Waals surface area (Å²) in [6.45, 7) is 9.02. The van der Waals surface area contributed by atoms with Crippen molar-refractivity contribution in [1.82, 2.24) is 15.5 Å². The van der Waals surface area contributed by atoms with E-state index < -0.39 is 0 Å². The summed E-state index contributed by atoms with van der Waals surface area (Å²) in [6.07, 6.45) is 3.79. The summed E-state index contributed by atoms with van der Waals surface area (Å²) in [5, 5.41) is 6.82. The van der Waals surface area contributed by atoms with Crippen LogP contribution in [0.3, 0.4) is 0 Å². The number of rotatable bonds is 6. The predicted octanol–water partition coefficient (Wildman–Crippen LogP) is 2.16. The smallest absolute Gasteiger partial charge is 0.190 e. The zero-order chi connectivity index (χ0) is 13.4. The van der Waals surface area contributed by atoms with Gasteiger partial charge in [0.25, 0.3) is 0 Å². The quantitative estimate of drug-likeness (QED) is 0.320. The first-order valence-electron chi connectivity index (χ1n) is 7.25. The Morgan fingerprint density at radius 1 is 1.37 bits per heavy atom. The fraction of sp³-hybridized carbons (Fsp3) is 0.929. The van der Waals surface area contributed by atoms with E-state index in [1.807, 2.05) is 7.05 Å². The van der Waals surface area contributed by atoms with Gasteiger partial charge in [-0.2, -0.15) is 0 Å². The summed E-state index contributed by atoms with van der Waals surface area (Å²) in [5.41, 5.74) is 0. The molecule has 1 rings (SSSR count). The maximum atomic E-state index is 4.27. The maximum Gasteiger partial charge on any atom is 0.190 e. The summed E-state index contributed by atoms with van der Waals surface area (Å²) in [4.78, 5) is 6.66. The maximum absolute atomic E-state index is 4.27. The first kappa shape index (κ1) is 19.0. The van der Waals surface area contributed by atoms with Crippen molar-refractivity contribution < 1.29 is 0 Å². The van der Waals surface area contributed by atoms with E-state index in [1.54, 1.807) is 0 Å². The standard InChI is InChI=1S/C14H30N4.HI/c1-12(2)6-5-8-16-14(15-3)17-10-13-7-9-18(4)11-13;/h12-13H,5-11H2,1-4H3,(H2,15,16,17);1H. The highest BCUT2D eigenvalue weighted by atomic mass is 127. The van der Waals surface area contributed by atoms with E-state index in [9.17, 15) is 0 Å². The highest BCUT2D eigenvalue weighted by molar-refractivity contribution is 14.0. The molecule has 0 spiro atoms. The summed E-state index contributed by atoms with van der Waals surface area (Å²) in [7, 11) is 4.04. The molecule has 0 aromatic carbocycles. The lowest BCUT2D eigenvalue weighted by atomic mass is 10.1. The number of aliphatic imine (C=N–C) groups is 1. The lowest BCUT2D eigenvalue weighted by Gasteiger charge is -2.15. The first-order valence-corrected chi connectivity index (χ1v) is 7.25. The Bertz CT molecular complexity index is 256. The Morgan fingerprint density at radius 3 is 2.63 bits per heavy atom. The van der Waals surface area contributed by atoms with Gasteiger partial charge in [0.2, 0.25) is 0 Å². The zero-order valence-corrected chi connectivity index (χ0v) is 15.2. The minimum absolute atomic E-state index is 0. The average Bonchev–Trinajstić information content (AvgIpc) is 2.74. The lowest BCUT2D eigenvalue weighted by Crippen LogP contribution is -2.40. The highest BCUT2D eigenvalue weighted by Crippen LogP contribution is 2.12. The van der Waals surface area contributed by atoms with E-state index in [2.05, 4.69) is 41.4 Å². The summed E-state index contributed by atoms with van der Waals surface area (Å²) < 4.78 is 0. The number of nitrogens with zero attached hydrogens (tertiary/aromatic N) is 2. The molecule has 4 nitrogen and oxygen atoms in total. The second-order valence-electron chi connectivity index (χ2n) is 5.83. The fourth-order valence-corrected chi connectivity index (χ4v) is 2.37. The van der Waals surface area contributed by atoms with Crippen molar-refractivity contribution in [1.29, 1.82) is 0 Å². The van der Waals surface area contributed by atoms with Crippen LogP contribution in [0.4, 0.5) is 0 Å². The van der Waals surface area contributed by atoms with Crippen molar-refractivity contribution in [2.24, 2.45) is 16.8 Å². The van der Waals surface area contributed by atoms with Gasteiger partial charge in [0.1, 0.15) is 0 Å². The van der Waals surface area contributed by atoms with Gasteiger partial charge in [-0.3, -0.25) is 4.99 Å². The van der Waals surface area contributed by atoms with E-state index in [4.69, 9.17) is 0 Å². The molecule has 1 unspecified atom stereocenters. The van der Waals surface area contributed by atoms with Crippen molar-refractivity contribution in [2.75, 3.05) is 40.3 Å². The van der Waals surface area contributed by atoms with E-state index in [-0.39, 0.29) is 24.0 Å². The second-order valence-corrected chi connectivity index (χ2v) is 5.83. The predicted molar refractivity (Wildman–Crippen MR) is 94.5 cm³/mol. The van der Waals surface area contributed by atoms with Crippen molar-refractivity contribution in [3.63, 3.8) is 0 Å². The third kappa shape index (κ3) is 8.68. The molecule has 1 saturated heterocycles. The number of likely N-dealkylation sites (tertiary alicyclic amines) is 1. The van der Waals surface area contributed by atoms with Crippen molar-refractivity contribution in [2.45, 2.75) is 33.1 Å². The van der Waals surface area contributed by atoms with Crippen molar-refractivity contribution in [3.8, 4) is 0 Å². The van der Waals surface area contributed by atoms with Crippen LogP contribution in [0.15, 0.2) is 4.99 Å². The Kier molecular flexibility index (Phi) is 10.7. The van der Waals surface area contributed by atoms with Gasteiger partial charge in [-0.1, -0.05) is 13.8 Å². The Morgan fingerprint density at radius 2 is 2.11 bits per heavy atom. The number of halogens is 1. The summed E-state index contributed by atoms with van der Waals surface area (Å²) >= 11 is 0. The molecule has 0 amide bonds. The third-order valence-corrected chi connectivity index (χ3v) is 3.52. The average molecular weight is 382 g/mol. The van der Waals surface area contributed by atoms with Gasteiger partial charge >= 0.3 is 0 Å². The molecule has 114 valence electrons. The molecule has 0 bridgehead atoms. The molecule has 0 saturated carbocycles. The molecular formula is C14H31IN4. The van der Waals surface area contributed by atoms with Crippen LogP contribution in [-0.2, 0) is 0 Å². The highest BCUT2D eigenvalue weighted by Gasteiger charge is 2.19.